The van der Waals surface area contributed by atoms with E-state index in [2.05, 4.69) is 10.3 Å². The van der Waals surface area contributed by atoms with Gasteiger partial charge < -0.3 is 10.4 Å². The first-order valence-electron chi connectivity index (χ1n) is 5.28. The minimum Gasteiger partial charge on any atom is -0.393 e. The molecule has 0 aliphatic heterocycles. The van der Waals surface area contributed by atoms with Gasteiger partial charge in [0.05, 0.1) is 6.10 Å². The molecule has 0 aliphatic carbocycles. The summed E-state index contributed by atoms with van der Waals surface area (Å²) < 4.78 is 37.2. The number of hydrogen-bond donors (Lipinski definition) is 2. The van der Waals surface area contributed by atoms with Gasteiger partial charge in [-0.15, -0.1) is 0 Å². The topological polar surface area (TPSA) is 45.1 Å². The van der Waals surface area contributed by atoms with Crippen molar-refractivity contribution in [3.63, 3.8) is 0 Å². The molecule has 2 unspecified atom stereocenters. The third kappa shape index (κ3) is 4.60. The summed E-state index contributed by atoms with van der Waals surface area (Å²) in [5.74, 6) is 0.160. The van der Waals surface area contributed by atoms with E-state index in [0.29, 0.717) is 6.42 Å². The Morgan fingerprint density at radius 3 is 2.53 bits per heavy atom. The van der Waals surface area contributed by atoms with Gasteiger partial charge in [0.15, 0.2) is 0 Å². The first kappa shape index (κ1) is 13.8. The van der Waals surface area contributed by atoms with Gasteiger partial charge >= 0.3 is 6.18 Å². The molecule has 2 atom stereocenters. The van der Waals surface area contributed by atoms with Gasteiger partial charge in [-0.2, -0.15) is 13.2 Å². The van der Waals surface area contributed by atoms with Gasteiger partial charge in [0.1, 0.15) is 11.5 Å². The third-order valence-corrected chi connectivity index (χ3v) is 2.13. The highest BCUT2D eigenvalue weighted by Crippen LogP contribution is 2.28. The van der Waals surface area contributed by atoms with Crippen molar-refractivity contribution in [1.82, 2.24) is 4.98 Å². The largest absolute Gasteiger partial charge is 0.433 e. The molecule has 0 aromatic carbocycles. The van der Waals surface area contributed by atoms with Crippen LogP contribution in [0.3, 0.4) is 0 Å². The van der Waals surface area contributed by atoms with Gasteiger partial charge in [-0.3, -0.25) is 0 Å². The Morgan fingerprint density at radius 1 is 1.35 bits per heavy atom. The Morgan fingerprint density at radius 2 is 2.00 bits per heavy atom. The summed E-state index contributed by atoms with van der Waals surface area (Å²) >= 11 is 0. The van der Waals surface area contributed by atoms with Crippen molar-refractivity contribution in [3.8, 4) is 0 Å². The normalized spacial score (nSPS) is 15.4. The van der Waals surface area contributed by atoms with Gasteiger partial charge in [0, 0.05) is 6.04 Å². The van der Waals surface area contributed by atoms with Crippen molar-refractivity contribution < 1.29 is 18.3 Å². The maximum atomic E-state index is 12.4. The summed E-state index contributed by atoms with van der Waals surface area (Å²) in [7, 11) is 0. The molecule has 0 saturated heterocycles. The van der Waals surface area contributed by atoms with E-state index in [-0.39, 0.29) is 11.9 Å². The maximum absolute atomic E-state index is 12.4. The molecule has 3 nitrogen and oxygen atoms in total. The molecule has 0 fully saturated rings. The van der Waals surface area contributed by atoms with E-state index in [4.69, 9.17) is 5.11 Å². The zero-order valence-corrected chi connectivity index (χ0v) is 9.62. The lowest BCUT2D eigenvalue weighted by atomic mass is 10.1. The van der Waals surface area contributed by atoms with Crippen LogP contribution in [0.2, 0.25) is 0 Å². The average molecular weight is 248 g/mol. The summed E-state index contributed by atoms with van der Waals surface area (Å²) in [6.45, 7) is 3.40. The number of nitrogens with one attached hydrogen (secondary N) is 1. The van der Waals surface area contributed by atoms with E-state index in [1.54, 1.807) is 13.8 Å². The van der Waals surface area contributed by atoms with Crippen molar-refractivity contribution in [1.29, 1.82) is 0 Å². The number of aliphatic hydroxyl groups excluding tert-OH is 1. The zero-order valence-electron chi connectivity index (χ0n) is 9.62. The lowest BCUT2D eigenvalue weighted by Crippen LogP contribution is -2.21. The fraction of sp³-hybridized carbons (Fsp3) is 0.545. The molecular weight excluding hydrogens is 233 g/mol. The predicted molar refractivity (Wildman–Crippen MR) is 58.6 cm³/mol. The minimum absolute atomic E-state index is 0.147. The second-order valence-electron chi connectivity index (χ2n) is 4.04. The summed E-state index contributed by atoms with van der Waals surface area (Å²) in [4.78, 5) is 3.47. The molecule has 0 saturated carbocycles. The van der Waals surface area contributed by atoms with Gasteiger partial charge in [-0.25, -0.2) is 4.98 Å². The molecular formula is C11H15F3N2O. The molecule has 96 valence electrons. The van der Waals surface area contributed by atoms with Gasteiger partial charge in [-0.1, -0.05) is 6.07 Å². The van der Waals surface area contributed by atoms with Crippen LogP contribution in [0.15, 0.2) is 18.2 Å². The number of alkyl halides is 3. The summed E-state index contributed by atoms with van der Waals surface area (Å²) in [6, 6.07) is 3.54. The van der Waals surface area contributed by atoms with Crippen molar-refractivity contribution in [2.24, 2.45) is 0 Å². The van der Waals surface area contributed by atoms with Gasteiger partial charge in [-0.05, 0) is 32.4 Å². The molecule has 1 rings (SSSR count). The lowest BCUT2D eigenvalue weighted by molar-refractivity contribution is -0.141. The van der Waals surface area contributed by atoms with Crippen LogP contribution in [-0.2, 0) is 6.18 Å². The summed E-state index contributed by atoms with van der Waals surface area (Å²) in [5, 5.41) is 12.0. The average Bonchev–Trinajstić information content (AvgIpc) is 2.15. The first-order valence-corrected chi connectivity index (χ1v) is 5.28. The van der Waals surface area contributed by atoms with Crippen LogP contribution in [0.5, 0.6) is 0 Å². The van der Waals surface area contributed by atoms with Crippen molar-refractivity contribution in [2.45, 2.75) is 38.6 Å². The Hall–Kier alpha value is -1.30. The summed E-state index contributed by atoms with van der Waals surface area (Å²) in [6.07, 6.45) is -4.51. The van der Waals surface area contributed by atoms with Crippen LogP contribution in [-0.4, -0.2) is 22.2 Å². The zero-order chi connectivity index (χ0) is 13.1. The molecule has 0 amide bonds. The Labute approximate surface area is 97.7 Å². The molecule has 2 N–H and O–H groups in total. The van der Waals surface area contributed by atoms with Crippen molar-refractivity contribution in [3.05, 3.63) is 23.9 Å². The monoisotopic (exact) mass is 248 g/mol. The van der Waals surface area contributed by atoms with E-state index in [1.165, 1.54) is 12.1 Å². The van der Waals surface area contributed by atoms with Crippen LogP contribution < -0.4 is 5.32 Å². The first-order chi connectivity index (χ1) is 7.79. The summed E-state index contributed by atoms with van der Waals surface area (Å²) in [5.41, 5.74) is -0.924. The van der Waals surface area contributed by atoms with E-state index < -0.39 is 18.0 Å². The van der Waals surface area contributed by atoms with Crippen LogP contribution in [0.4, 0.5) is 19.0 Å². The molecule has 0 radical (unpaired) electrons. The van der Waals surface area contributed by atoms with Gasteiger partial charge in [0.2, 0.25) is 0 Å². The number of halogens is 3. The Balaban J connectivity index is 2.72. The highest BCUT2D eigenvalue weighted by atomic mass is 19.4. The number of aromatic nitrogens is 1. The number of anilines is 1. The second-order valence-corrected chi connectivity index (χ2v) is 4.04. The van der Waals surface area contributed by atoms with Crippen LogP contribution in [0.1, 0.15) is 26.0 Å². The quantitative estimate of drug-likeness (QED) is 0.861. The van der Waals surface area contributed by atoms with Crippen molar-refractivity contribution >= 4 is 5.82 Å². The highest BCUT2D eigenvalue weighted by molar-refractivity contribution is 5.36. The lowest BCUT2D eigenvalue weighted by Gasteiger charge is -2.16. The van der Waals surface area contributed by atoms with Crippen LogP contribution >= 0.6 is 0 Å². The fourth-order valence-corrected chi connectivity index (χ4v) is 1.50. The highest BCUT2D eigenvalue weighted by Gasteiger charge is 2.32. The van der Waals surface area contributed by atoms with E-state index in [0.717, 1.165) is 6.07 Å². The molecule has 1 aromatic rings. The van der Waals surface area contributed by atoms with E-state index in [1.807, 2.05) is 0 Å². The van der Waals surface area contributed by atoms with Crippen molar-refractivity contribution in [2.75, 3.05) is 5.32 Å². The Bertz CT molecular complexity index is 366. The van der Waals surface area contributed by atoms with Crippen LogP contribution in [0.25, 0.3) is 0 Å². The maximum Gasteiger partial charge on any atom is 0.433 e. The predicted octanol–water partition coefficient (Wildman–Crippen LogP) is 2.67. The van der Waals surface area contributed by atoms with E-state index in [9.17, 15) is 13.2 Å². The molecule has 0 spiro atoms. The third-order valence-electron chi connectivity index (χ3n) is 2.13. The number of nitrogens with zero attached hydrogens (tertiary/aromatic N) is 1. The molecule has 6 heteroatoms. The SMILES string of the molecule is CC(O)CC(C)Nc1cccc(C(F)(F)F)n1. The number of pyridine rings is 1. The van der Waals surface area contributed by atoms with Crippen LogP contribution in [0, 0.1) is 0 Å². The fourth-order valence-electron chi connectivity index (χ4n) is 1.50. The number of aliphatic hydroxyl groups is 1. The molecule has 1 aromatic heterocycles. The number of rotatable bonds is 4. The molecule has 0 aliphatic rings. The minimum atomic E-state index is -4.44. The molecule has 1 heterocycles. The molecule has 0 bridgehead atoms. The van der Waals surface area contributed by atoms with E-state index >= 15 is 0 Å². The molecule has 17 heavy (non-hydrogen) atoms. The second kappa shape index (κ2) is 5.35. The Kier molecular flexibility index (Phi) is 4.34. The van der Waals surface area contributed by atoms with Gasteiger partial charge in [0.25, 0.3) is 0 Å². The standard InChI is InChI=1S/C11H15F3N2O/c1-7(6-8(2)17)15-10-5-3-4-9(16-10)11(12,13)14/h3-5,7-8,17H,6H2,1-2H3,(H,15,16). The smallest absolute Gasteiger partial charge is 0.393 e. The number of hydrogen-bond acceptors (Lipinski definition) is 3.